The molecule has 2 amide bonds. The van der Waals surface area contributed by atoms with Gasteiger partial charge in [0.1, 0.15) is 0 Å². The van der Waals surface area contributed by atoms with Gasteiger partial charge in [-0.25, -0.2) is 0 Å². The summed E-state index contributed by atoms with van der Waals surface area (Å²) in [7, 11) is 0. The van der Waals surface area contributed by atoms with E-state index in [9.17, 15) is 9.59 Å². The molecule has 1 N–H and O–H groups in total. The van der Waals surface area contributed by atoms with E-state index in [1.165, 1.54) is 0 Å². The number of rotatable bonds is 5. The van der Waals surface area contributed by atoms with Crippen molar-refractivity contribution in [2.45, 2.75) is 39.5 Å². The summed E-state index contributed by atoms with van der Waals surface area (Å²) in [5.41, 5.74) is 4.06. The molecule has 0 spiro atoms. The van der Waals surface area contributed by atoms with Crippen LogP contribution in [0.2, 0.25) is 0 Å². The standard InChI is InChI=1S/C20H27N5O2/c1-15-16(2)22-23-18(15)6-7-19(26)24-9-4-10-25(12-11-24)20(27)13-17-5-3-8-21-14-17/h3,5,8,14H,4,6-7,9-13H2,1-2H3,(H,22,23). The molecule has 1 aliphatic heterocycles. The van der Waals surface area contributed by atoms with Crippen LogP contribution in [-0.2, 0) is 22.4 Å². The Morgan fingerprint density at radius 2 is 1.85 bits per heavy atom. The lowest BCUT2D eigenvalue weighted by atomic mass is 10.1. The molecule has 3 heterocycles. The Balaban J connectivity index is 1.49. The summed E-state index contributed by atoms with van der Waals surface area (Å²) < 4.78 is 0. The second-order valence-electron chi connectivity index (χ2n) is 7.07. The van der Waals surface area contributed by atoms with Crippen molar-refractivity contribution in [3.63, 3.8) is 0 Å². The summed E-state index contributed by atoms with van der Waals surface area (Å²) in [4.78, 5) is 32.9. The number of aryl methyl sites for hydroxylation is 2. The minimum absolute atomic E-state index is 0.0971. The number of aromatic amines is 1. The first-order valence-corrected chi connectivity index (χ1v) is 9.49. The molecule has 7 nitrogen and oxygen atoms in total. The van der Waals surface area contributed by atoms with E-state index in [1.54, 1.807) is 12.4 Å². The molecule has 1 aliphatic rings. The summed E-state index contributed by atoms with van der Waals surface area (Å²) in [5.74, 6) is 0.233. The molecule has 0 bridgehead atoms. The van der Waals surface area contributed by atoms with E-state index in [2.05, 4.69) is 15.2 Å². The summed E-state index contributed by atoms with van der Waals surface area (Å²) in [6, 6.07) is 3.76. The van der Waals surface area contributed by atoms with E-state index in [0.29, 0.717) is 45.4 Å². The molecule has 2 aromatic rings. The Bertz CT molecular complexity index is 787. The fraction of sp³-hybridized carbons (Fsp3) is 0.500. The third-order valence-electron chi connectivity index (χ3n) is 5.21. The molecule has 144 valence electrons. The summed E-state index contributed by atoms with van der Waals surface area (Å²) >= 11 is 0. The molecule has 0 aliphatic carbocycles. The van der Waals surface area contributed by atoms with Crippen LogP contribution in [-0.4, -0.2) is 63.0 Å². The van der Waals surface area contributed by atoms with Gasteiger partial charge in [0.2, 0.25) is 11.8 Å². The van der Waals surface area contributed by atoms with Gasteiger partial charge in [-0.3, -0.25) is 19.7 Å². The first-order valence-electron chi connectivity index (χ1n) is 9.49. The molecular formula is C20H27N5O2. The molecule has 7 heteroatoms. The Labute approximate surface area is 159 Å². The van der Waals surface area contributed by atoms with Crippen molar-refractivity contribution in [3.8, 4) is 0 Å². The number of aromatic nitrogens is 3. The molecule has 2 aromatic heterocycles. The van der Waals surface area contributed by atoms with E-state index < -0.39 is 0 Å². The number of pyridine rings is 1. The van der Waals surface area contributed by atoms with Crippen LogP contribution in [0.1, 0.15) is 35.4 Å². The maximum Gasteiger partial charge on any atom is 0.227 e. The van der Waals surface area contributed by atoms with E-state index in [0.717, 1.165) is 28.9 Å². The Kier molecular flexibility index (Phi) is 6.21. The van der Waals surface area contributed by atoms with Gasteiger partial charge in [0.15, 0.2) is 0 Å². The smallest absolute Gasteiger partial charge is 0.227 e. The zero-order chi connectivity index (χ0) is 19.2. The van der Waals surface area contributed by atoms with Crippen LogP contribution in [0, 0.1) is 13.8 Å². The van der Waals surface area contributed by atoms with Crippen LogP contribution in [0.25, 0.3) is 0 Å². The summed E-state index contributed by atoms with van der Waals surface area (Å²) in [5, 5.41) is 7.24. The lowest BCUT2D eigenvalue weighted by molar-refractivity contribution is -0.133. The predicted molar refractivity (Wildman–Crippen MR) is 102 cm³/mol. The van der Waals surface area contributed by atoms with Crippen molar-refractivity contribution in [2.24, 2.45) is 0 Å². The second kappa shape index (κ2) is 8.79. The van der Waals surface area contributed by atoms with E-state index in [1.807, 2.05) is 35.8 Å². The number of carbonyl (C=O) groups is 2. The highest BCUT2D eigenvalue weighted by Gasteiger charge is 2.22. The van der Waals surface area contributed by atoms with Crippen LogP contribution in [0.4, 0.5) is 0 Å². The number of H-pyrrole nitrogens is 1. The minimum atomic E-state index is 0.0971. The minimum Gasteiger partial charge on any atom is -0.341 e. The molecule has 1 fully saturated rings. The van der Waals surface area contributed by atoms with Gasteiger partial charge in [-0.05, 0) is 37.5 Å². The van der Waals surface area contributed by atoms with Crippen molar-refractivity contribution < 1.29 is 9.59 Å². The van der Waals surface area contributed by atoms with Crippen molar-refractivity contribution in [1.29, 1.82) is 0 Å². The van der Waals surface area contributed by atoms with Crippen molar-refractivity contribution in [3.05, 3.63) is 47.0 Å². The lowest BCUT2D eigenvalue weighted by Crippen LogP contribution is -2.38. The monoisotopic (exact) mass is 369 g/mol. The number of hydrogen-bond acceptors (Lipinski definition) is 4. The van der Waals surface area contributed by atoms with Gasteiger partial charge < -0.3 is 9.80 Å². The molecular weight excluding hydrogens is 342 g/mol. The van der Waals surface area contributed by atoms with E-state index in [-0.39, 0.29) is 11.8 Å². The zero-order valence-corrected chi connectivity index (χ0v) is 16.1. The first kappa shape index (κ1) is 19.1. The molecule has 0 aromatic carbocycles. The van der Waals surface area contributed by atoms with E-state index >= 15 is 0 Å². The second-order valence-corrected chi connectivity index (χ2v) is 7.07. The predicted octanol–water partition coefficient (Wildman–Crippen LogP) is 1.66. The molecule has 0 radical (unpaired) electrons. The van der Waals surface area contributed by atoms with Crippen molar-refractivity contribution in [1.82, 2.24) is 25.0 Å². The van der Waals surface area contributed by atoms with Gasteiger partial charge in [0.25, 0.3) is 0 Å². The van der Waals surface area contributed by atoms with Gasteiger partial charge in [-0.1, -0.05) is 6.07 Å². The van der Waals surface area contributed by atoms with Crippen molar-refractivity contribution in [2.75, 3.05) is 26.2 Å². The van der Waals surface area contributed by atoms with Crippen LogP contribution in [0.5, 0.6) is 0 Å². The van der Waals surface area contributed by atoms with Crippen LogP contribution in [0.15, 0.2) is 24.5 Å². The van der Waals surface area contributed by atoms with Gasteiger partial charge in [0.05, 0.1) is 12.1 Å². The van der Waals surface area contributed by atoms with Crippen LogP contribution < -0.4 is 0 Å². The highest BCUT2D eigenvalue weighted by atomic mass is 16.2. The largest absolute Gasteiger partial charge is 0.341 e. The molecule has 1 saturated heterocycles. The average molecular weight is 369 g/mol. The maximum absolute atomic E-state index is 12.6. The zero-order valence-electron chi connectivity index (χ0n) is 16.1. The first-order chi connectivity index (χ1) is 13.0. The Morgan fingerprint density at radius 3 is 2.48 bits per heavy atom. The molecule has 0 unspecified atom stereocenters. The summed E-state index contributed by atoms with van der Waals surface area (Å²) in [6.45, 7) is 6.59. The Hall–Kier alpha value is -2.70. The van der Waals surface area contributed by atoms with Crippen LogP contribution in [0.3, 0.4) is 0 Å². The molecule has 3 rings (SSSR count). The normalized spacial score (nSPS) is 14.9. The molecule has 0 saturated carbocycles. The maximum atomic E-state index is 12.6. The number of nitrogens with one attached hydrogen (secondary N) is 1. The SMILES string of the molecule is Cc1[nH]nc(CCC(=O)N2CCCN(C(=O)Cc3cccnc3)CC2)c1C. The third-order valence-corrected chi connectivity index (χ3v) is 5.21. The Morgan fingerprint density at radius 1 is 1.11 bits per heavy atom. The van der Waals surface area contributed by atoms with Crippen LogP contribution >= 0.6 is 0 Å². The number of nitrogens with zero attached hydrogens (tertiary/aromatic N) is 4. The molecule has 0 atom stereocenters. The fourth-order valence-corrected chi connectivity index (χ4v) is 3.37. The highest BCUT2D eigenvalue weighted by Crippen LogP contribution is 2.13. The number of amides is 2. The van der Waals surface area contributed by atoms with Gasteiger partial charge >= 0.3 is 0 Å². The van der Waals surface area contributed by atoms with E-state index in [4.69, 9.17) is 0 Å². The average Bonchev–Trinajstić information content (AvgIpc) is 2.88. The third kappa shape index (κ3) is 4.93. The lowest BCUT2D eigenvalue weighted by Gasteiger charge is -2.22. The quantitative estimate of drug-likeness (QED) is 0.869. The van der Waals surface area contributed by atoms with Gasteiger partial charge in [-0.15, -0.1) is 0 Å². The number of carbonyl (C=O) groups excluding carboxylic acids is 2. The summed E-state index contributed by atoms with van der Waals surface area (Å²) in [6.07, 6.45) is 5.70. The van der Waals surface area contributed by atoms with Gasteiger partial charge in [-0.2, -0.15) is 5.10 Å². The fourth-order valence-electron chi connectivity index (χ4n) is 3.37. The topological polar surface area (TPSA) is 82.2 Å². The highest BCUT2D eigenvalue weighted by molar-refractivity contribution is 5.79. The molecule has 27 heavy (non-hydrogen) atoms. The van der Waals surface area contributed by atoms with Crippen molar-refractivity contribution >= 4 is 11.8 Å². The van der Waals surface area contributed by atoms with Gasteiger partial charge in [0, 0.05) is 57.1 Å². The number of hydrogen-bond donors (Lipinski definition) is 1.